The number of hydrogen-bond donors (Lipinski definition) is 1. The van der Waals surface area contributed by atoms with E-state index in [0.717, 1.165) is 16.7 Å². The molecule has 0 unspecified atom stereocenters. The fraction of sp³-hybridized carbons (Fsp3) is 0.111. The van der Waals surface area contributed by atoms with Gasteiger partial charge in [0.25, 0.3) is 5.91 Å². The Kier molecular flexibility index (Phi) is 4.33. The molecule has 1 aliphatic heterocycles. The number of rotatable bonds is 3. The summed E-state index contributed by atoms with van der Waals surface area (Å²) < 4.78 is 0. The molecule has 0 aromatic carbocycles. The molecular formula is C18H14N4OS2. The molecule has 0 atom stereocenters. The number of fused-ring (bicyclic) bond motifs is 1. The lowest BCUT2D eigenvalue weighted by Crippen LogP contribution is -2.19. The van der Waals surface area contributed by atoms with E-state index in [0.29, 0.717) is 16.6 Å². The van der Waals surface area contributed by atoms with Gasteiger partial charge in [-0.05, 0) is 66.0 Å². The molecule has 3 aromatic rings. The number of amidine groups is 1. The number of nitrogens with one attached hydrogen (secondary N) is 1. The maximum atomic E-state index is 12.2. The van der Waals surface area contributed by atoms with E-state index >= 15 is 0 Å². The molecule has 4 heterocycles. The zero-order chi connectivity index (χ0) is 17.2. The van der Waals surface area contributed by atoms with Gasteiger partial charge in [0.15, 0.2) is 5.17 Å². The van der Waals surface area contributed by atoms with E-state index in [1.54, 1.807) is 23.6 Å². The van der Waals surface area contributed by atoms with Crippen molar-refractivity contribution in [3.05, 3.63) is 62.9 Å². The van der Waals surface area contributed by atoms with E-state index in [4.69, 9.17) is 0 Å². The molecule has 1 aliphatic rings. The maximum Gasteiger partial charge on any atom is 0.264 e. The first-order valence-corrected chi connectivity index (χ1v) is 9.39. The Morgan fingerprint density at radius 2 is 2.16 bits per heavy atom. The maximum absolute atomic E-state index is 12.2. The molecule has 0 bridgehead atoms. The Bertz CT molecular complexity index is 1020. The SMILES string of the molecule is Cc1ccsc1CN=C1NC(=O)/C(=C\c2ccc3ncccc3n2)S1. The second kappa shape index (κ2) is 6.78. The average Bonchev–Trinajstić information content (AvgIpc) is 3.18. The Morgan fingerprint density at radius 3 is 3.00 bits per heavy atom. The Balaban J connectivity index is 1.54. The van der Waals surface area contributed by atoms with Crippen LogP contribution in [0.3, 0.4) is 0 Å². The van der Waals surface area contributed by atoms with Crippen LogP contribution < -0.4 is 5.32 Å². The molecule has 25 heavy (non-hydrogen) atoms. The van der Waals surface area contributed by atoms with Crippen LogP contribution in [0.25, 0.3) is 17.1 Å². The number of aliphatic imine (C=N–C) groups is 1. The highest BCUT2D eigenvalue weighted by Gasteiger charge is 2.23. The highest BCUT2D eigenvalue weighted by atomic mass is 32.2. The predicted octanol–water partition coefficient (Wildman–Crippen LogP) is 3.76. The molecule has 1 amide bonds. The molecular weight excluding hydrogens is 352 g/mol. The first kappa shape index (κ1) is 16.0. The highest BCUT2D eigenvalue weighted by molar-refractivity contribution is 8.18. The minimum absolute atomic E-state index is 0.139. The van der Waals surface area contributed by atoms with Gasteiger partial charge in [-0.25, -0.2) is 4.98 Å². The number of carbonyl (C=O) groups excluding carboxylic acids is 1. The number of pyridine rings is 2. The van der Waals surface area contributed by atoms with Crippen LogP contribution in [-0.2, 0) is 11.3 Å². The van der Waals surface area contributed by atoms with E-state index in [2.05, 4.69) is 38.6 Å². The first-order valence-electron chi connectivity index (χ1n) is 7.69. The molecule has 1 saturated heterocycles. The van der Waals surface area contributed by atoms with Crippen molar-refractivity contribution in [1.82, 2.24) is 15.3 Å². The summed E-state index contributed by atoms with van der Waals surface area (Å²) in [4.78, 5) is 27.3. The first-order chi connectivity index (χ1) is 12.2. The summed E-state index contributed by atoms with van der Waals surface area (Å²) in [7, 11) is 0. The van der Waals surface area contributed by atoms with Gasteiger partial charge >= 0.3 is 0 Å². The standard InChI is InChI=1S/C18H14N4OS2/c1-11-6-8-24-16(11)10-20-18-22-17(23)15(25-18)9-12-4-5-13-14(21-12)3-2-7-19-13/h2-9H,10H2,1H3,(H,20,22,23)/b15-9+. The number of amides is 1. The third kappa shape index (κ3) is 3.47. The Labute approximate surface area is 152 Å². The lowest BCUT2D eigenvalue weighted by atomic mass is 10.2. The van der Waals surface area contributed by atoms with Gasteiger partial charge in [0.2, 0.25) is 0 Å². The van der Waals surface area contributed by atoms with Crippen LogP contribution in [0, 0.1) is 6.92 Å². The number of aryl methyl sites for hydroxylation is 1. The zero-order valence-corrected chi connectivity index (χ0v) is 15.0. The van der Waals surface area contributed by atoms with Crippen molar-refractivity contribution in [3.8, 4) is 0 Å². The molecule has 4 rings (SSSR count). The van der Waals surface area contributed by atoms with Gasteiger partial charge in [-0.15, -0.1) is 11.3 Å². The summed E-state index contributed by atoms with van der Waals surface area (Å²) in [6.45, 7) is 2.65. The summed E-state index contributed by atoms with van der Waals surface area (Å²) in [6.07, 6.45) is 3.52. The van der Waals surface area contributed by atoms with E-state index in [1.165, 1.54) is 22.2 Å². The van der Waals surface area contributed by atoms with Crippen LogP contribution in [0.15, 0.2) is 51.8 Å². The van der Waals surface area contributed by atoms with E-state index < -0.39 is 0 Å². The molecule has 7 heteroatoms. The van der Waals surface area contributed by atoms with Crippen LogP contribution in [0.4, 0.5) is 0 Å². The lowest BCUT2D eigenvalue weighted by molar-refractivity contribution is -0.115. The summed E-state index contributed by atoms with van der Waals surface area (Å²) in [5.74, 6) is -0.139. The van der Waals surface area contributed by atoms with Gasteiger partial charge in [-0.1, -0.05) is 0 Å². The fourth-order valence-electron chi connectivity index (χ4n) is 2.40. The van der Waals surface area contributed by atoms with Crippen LogP contribution in [0.2, 0.25) is 0 Å². The quantitative estimate of drug-likeness (QED) is 0.717. The molecule has 0 spiro atoms. The smallest absolute Gasteiger partial charge is 0.264 e. The number of thioether (sulfide) groups is 1. The van der Waals surface area contributed by atoms with Crippen molar-refractivity contribution in [2.45, 2.75) is 13.5 Å². The van der Waals surface area contributed by atoms with Crippen molar-refractivity contribution >= 4 is 51.3 Å². The van der Waals surface area contributed by atoms with Crippen molar-refractivity contribution < 1.29 is 4.79 Å². The van der Waals surface area contributed by atoms with Gasteiger partial charge in [0.05, 0.1) is 28.2 Å². The number of nitrogens with zero attached hydrogens (tertiary/aromatic N) is 3. The second-order valence-electron chi connectivity index (χ2n) is 5.49. The molecule has 0 radical (unpaired) electrons. The van der Waals surface area contributed by atoms with Gasteiger partial charge in [-0.3, -0.25) is 14.8 Å². The average molecular weight is 366 g/mol. The van der Waals surface area contributed by atoms with Gasteiger partial charge in [0, 0.05) is 11.1 Å². The van der Waals surface area contributed by atoms with Crippen molar-refractivity contribution in [3.63, 3.8) is 0 Å². The highest BCUT2D eigenvalue weighted by Crippen LogP contribution is 2.27. The molecule has 3 aromatic heterocycles. The topological polar surface area (TPSA) is 67.2 Å². The number of aromatic nitrogens is 2. The second-order valence-corrected chi connectivity index (χ2v) is 7.52. The Morgan fingerprint density at radius 1 is 1.24 bits per heavy atom. The largest absolute Gasteiger partial charge is 0.301 e. The van der Waals surface area contributed by atoms with Crippen molar-refractivity contribution in [1.29, 1.82) is 0 Å². The van der Waals surface area contributed by atoms with Gasteiger partial charge in [-0.2, -0.15) is 0 Å². The number of thiophene rings is 1. The zero-order valence-electron chi connectivity index (χ0n) is 13.4. The molecule has 5 nitrogen and oxygen atoms in total. The predicted molar refractivity (Wildman–Crippen MR) is 103 cm³/mol. The number of carbonyl (C=O) groups is 1. The monoisotopic (exact) mass is 366 g/mol. The molecule has 1 N–H and O–H groups in total. The molecule has 1 fully saturated rings. The summed E-state index contributed by atoms with van der Waals surface area (Å²) in [6, 6.07) is 9.59. The Hall–Kier alpha value is -2.51. The van der Waals surface area contributed by atoms with Crippen LogP contribution in [0.1, 0.15) is 16.1 Å². The van der Waals surface area contributed by atoms with E-state index in [-0.39, 0.29) is 5.91 Å². The van der Waals surface area contributed by atoms with E-state index in [9.17, 15) is 4.79 Å². The third-order valence-electron chi connectivity index (χ3n) is 3.74. The summed E-state index contributed by atoms with van der Waals surface area (Å²) >= 11 is 3.02. The number of hydrogen-bond acceptors (Lipinski definition) is 6. The van der Waals surface area contributed by atoms with Gasteiger partial charge < -0.3 is 5.32 Å². The van der Waals surface area contributed by atoms with Crippen molar-refractivity contribution in [2.24, 2.45) is 4.99 Å². The van der Waals surface area contributed by atoms with Crippen LogP contribution >= 0.6 is 23.1 Å². The summed E-state index contributed by atoms with van der Waals surface area (Å²) in [5, 5.41) is 5.50. The molecule has 124 valence electrons. The van der Waals surface area contributed by atoms with E-state index in [1.807, 2.05) is 24.3 Å². The molecule has 0 aliphatic carbocycles. The lowest BCUT2D eigenvalue weighted by Gasteiger charge is -1.98. The normalized spacial score (nSPS) is 17.6. The minimum atomic E-state index is -0.139. The fourth-order valence-corrected chi connectivity index (χ4v) is 4.03. The van der Waals surface area contributed by atoms with Crippen LogP contribution in [-0.4, -0.2) is 21.0 Å². The van der Waals surface area contributed by atoms with Crippen molar-refractivity contribution in [2.75, 3.05) is 0 Å². The third-order valence-corrected chi connectivity index (χ3v) is 5.70. The van der Waals surface area contributed by atoms with Crippen LogP contribution in [0.5, 0.6) is 0 Å². The van der Waals surface area contributed by atoms with Gasteiger partial charge in [0.1, 0.15) is 0 Å². The molecule has 0 saturated carbocycles. The summed E-state index contributed by atoms with van der Waals surface area (Å²) in [5.41, 5.74) is 3.60. The minimum Gasteiger partial charge on any atom is -0.301 e.